The molecule has 0 aliphatic carbocycles. The average Bonchev–Trinajstić information content (AvgIpc) is 3.50. The van der Waals surface area contributed by atoms with Gasteiger partial charge in [0.1, 0.15) is 17.2 Å². The van der Waals surface area contributed by atoms with E-state index in [0.717, 1.165) is 22.0 Å². The van der Waals surface area contributed by atoms with Crippen LogP contribution in [0.25, 0.3) is 33.4 Å². The topological polar surface area (TPSA) is 114 Å². The summed E-state index contributed by atoms with van der Waals surface area (Å²) in [6.07, 6.45) is 1.40. The van der Waals surface area contributed by atoms with Crippen LogP contribution in [-0.4, -0.2) is 22.0 Å². The zero-order valence-electron chi connectivity index (χ0n) is 17.8. The van der Waals surface area contributed by atoms with Crippen LogP contribution in [0.5, 0.6) is 0 Å². The van der Waals surface area contributed by atoms with E-state index in [1.807, 2.05) is 54.6 Å². The van der Waals surface area contributed by atoms with Gasteiger partial charge >= 0.3 is 0 Å². The number of para-hydroxylation sites is 1. The van der Waals surface area contributed by atoms with E-state index in [0.29, 0.717) is 22.8 Å². The number of benzene rings is 3. The number of nitrogens with one attached hydrogen (secondary N) is 2. The van der Waals surface area contributed by atoms with Gasteiger partial charge < -0.3 is 9.40 Å². The Morgan fingerprint density at radius 3 is 2.41 bits per heavy atom. The molecule has 5 rings (SSSR count). The highest BCUT2D eigenvalue weighted by molar-refractivity contribution is 6.09. The first kappa shape index (κ1) is 20.9. The molecule has 0 radical (unpaired) electrons. The Bertz CT molecular complexity index is 1520. The summed E-state index contributed by atoms with van der Waals surface area (Å²) in [5.41, 5.74) is 6.25. The predicted molar refractivity (Wildman–Crippen MR) is 130 cm³/mol. The van der Waals surface area contributed by atoms with Gasteiger partial charge in [0, 0.05) is 34.2 Å². The molecule has 8 nitrogen and oxygen atoms in total. The van der Waals surface area contributed by atoms with E-state index in [4.69, 9.17) is 4.42 Å². The number of hydrazone groups is 1. The molecule has 1 amide bonds. The maximum absolute atomic E-state index is 13.0. The number of H-pyrrole nitrogens is 1. The number of rotatable bonds is 6. The van der Waals surface area contributed by atoms with Crippen LogP contribution in [0.1, 0.15) is 16.2 Å². The SMILES string of the molecule is O=C(N/N=C\c1ccc(-c2ccc([N+](=O)[O-])cc2)o1)c1[nH]c2ccccc2c1-c1ccccc1. The third kappa shape index (κ3) is 4.07. The van der Waals surface area contributed by atoms with Gasteiger partial charge in [-0.1, -0.05) is 48.5 Å². The Labute approximate surface area is 193 Å². The minimum absolute atomic E-state index is 0.00616. The molecular weight excluding hydrogens is 432 g/mol. The maximum Gasteiger partial charge on any atom is 0.288 e. The Morgan fingerprint density at radius 2 is 1.65 bits per heavy atom. The molecule has 0 saturated heterocycles. The number of carbonyl (C=O) groups excluding carboxylic acids is 1. The summed E-state index contributed by atoms with van der Waals surface area (Å²) in [5.74, 6) is 0.576. The van der Waals surface area contributed by atoms with Crippen molar-refractivity contribution in [3.8, 4) is 22.5 Å². The minimum atomic E-state index is -0.455. The molecule has 0 fully saturated rings. The number of nitrogens with zero attached hydrogens (tertiary/aromatic N) is 2. The molecule has 2 N–H and O–H groups in total. The van der Waals surface area contributed by atoms with Crippen LogP contribution in [0.15, 0.2) is 101 Å². The minimum Gasteiger partial charge on any atom is -0.455 e. The van der Waals surface area contributed by atoms with Gasteiger partial charge in [-0.15, -0.1) is 0 Å². The number of aromatic nitrogens is 1. The second kappa shape index (κ2) is 8.87. The molecule has 0 spiro atoms. The summed E-state index contributed by atoms with van der Waals surface area (Å²) >= 11 is 0. The second-order valence-electron chi connectivity index (χ2n) is 7.49. The number of nitro benzene ring substituents is 1. The number of aromatic amines is 1. The Hall–Kier alpha value is -4.98. The van der Waals surface area contributed by atoms with Crippen molar-refractivity contribution in [2.75, 3.05) is 0 Å². The number of furan rings is 1. The van der Waals surface area contributed by atoms with E-state index in [2.05, 4.69) is 15.5 Å². The lowest BCUT2D eigenvalue weighted by Gasteiger charge is -2.04. The molecule has 0 aliphatic rings. The quantitative estimate of drug-likeness (QED) is 0.194. The molecule has 166 valence electrons. The summed E-state index contributed by atoms with van der Waals surface area (Å²) < 4.78 is 5.72. The largest absolute Gasteiger partial charge is 0.455 e. The van der Waals surface area contributed by atoms with Gasteiger partial charge in [0.15, 0.2) is 0 Å². The number of nitro groups is 1. The molecule has 0 atom stereocenters. The van der Waals surface area contributed by atoms with Crippen LogP contribution in [0, 0.1) is 10.1 Å². The molecular formula is C26H18N4O4. The van der Waals surface area contributed by atoms with Crippen molar-refractivity contribution >= 4 is 28.7 Å². The summed E-state index contributed by atoms with van der Waals surface area (Å²) in [5, 5.41) is 15.8. The van der Waals surface area contributed by atoms with Crippen LogP contribution in [0.4, 0.5) is 5.69 Å². The summed E-state index contributed by atoms with van der Waals surface area (Å²) in [7, 11) is 0. The van der Waals surface area contributed by atoms with Crippen molar-refractivity contribution in [3.63, 3.8) is 0 Å². The third-order valence-electron chi connectivity index (χ3n) is 5.34. The van der Waals surface area contributed by atoms with E-state index in [1.165, 1.54) is 18.3 Å². The van der Waals surface area contributed by atoms with Crippen molar-refractivity contribution < 1.29 is 14.1 Å². The van der Waals surface area contributed by atoms with Gasteiger partial charge in [-0.25, -0.2) is 5.43 Å². The molecule has 2 heterocycles. The van der Waals surface area contributed by atoms with Gasteiger partial charge in [-0.05, 0) is 35.9 Å². The molecule has 34 heavy (non-hydrogen) atoms. The Morgan fingerprint density at radius 1 is 0.912 bits per heavy atom. The van der Waals surface area contributed by atoms with Gasteiger partial charge in [-0.3, -0.25) is 14.9 Å². The molecule has 0 bridgehead atoms. The van der Waals surface area contributed by atoms with Crippen LogP contribution in [0.3, 0.4) is 0 Å². The lowest BCUT2D eigenvalue weighted by molar-refractivity contribution is -0.384. The fourth-order valence-corrected chi connectivity index (χ4v) is 3.75. The average molecular weight is 450 g/mol. The number of fused-ring (bicyclic) bond motifs is 1. The van der Waals surface area contributed by atoms with Crippen molar-refractivity contribution in [3.05, 3.63) is 113 Å². The van der Waals surface area contributed by atoms with Crippen molar-refractivity contribution in [1.29, 1.82) is 0 Å². The zero-order chi connectivity index (χ0) is 23.5. The first-order valence-electron chi connectivity index (χ1n) is 10.4. The van der Waals surface area contributed by atoms with E-state index in [-0.39, 0.29) is 11.6 Å². The van der Waals surface area contributed by atoms with Crippen molar-refractivity contribution in [2.45, 2.75) is 0 Å². The fourth-order valence-electron chi connectivity index (χ4n) is 3.75. The van der Waals surface area contributed by atoms with Gasteiger partial charge in [-0.2, -0.15) is 5.10 Å². The summed E-state index contributed by atoms with van der Waals surface area (Å²) in [6, 6.07) is 26.9. The van der Waals surface area contributed by atoms with Gasteiger partial charge in [0.05, 0.1) is 11.1 Å². The van der Waals surface area contributed by atoms with E-state index in [1.54, 1.807) is 24.3 Å². The lowest BCUT2D eigenvalue weighted by atomic mass is 10.0. The fraction of sp³-hybridized carbons (Fsp3) is 0. The predicted octanol–water partition coefficient (Wildman–Crippen LogP) is 5.77. The number of hydrogen-bond donors (Lipinski definition) is 2. The third-order valence-corrected chi connectivity index (χ3v) is 5.34. The molecule has 0 saturated carbocycles. The first-order chi connectivity index (χ1) is 16.6. The van der Waals surface area contributed by atoms with E-state index in [9.17, 15) is 14.9 Å². The molecule has 8 heteroatoms. The molecule has 0 aliphatic heterocycles. The highest BCUT2D eigenvalue weighted by Crippen LogP contribution is 2.32. The van der Waals surface area contributed by atoms with Crippen LogP contribution in [-0.2, 0) is 0 Å². The maximum atomic E-state index is 13.0. The van der Waals surface area contributed by atoms with E-state index < -0.39 is 4.92 Å². The van der Waals surface area contributed by atoms with Crippen LogP contribution in [0.2, 0.25) is 0 Å². The first-order valence-corrected chi connectivity index (χ1v) is 10.4. The smallest absolute Gasteiger partial charge is 0.288 e. The van der Waals surface area contributed by atoms with Crippen molar-refractivity contribution in [1.82, 2.24) is 10.4 Å². The molecule has 3 aromatic carbocycles. The highest BCUT2D eigenvalue weighted by Gasteiger charge is 2.18. The van der Waals surface area contributed by atoms with Crippen LogP contribution >= 0.6 is 0 Å². The number of non-ortho nitro benzene ring substituents is 1. The molecule has 5 aromatic rings. The summed E-state index contributed by atoms with van der Waals surface area (Å²) in [6.45, 7) is 0. The van der Waals surface area contributed by atoms with Gasteiger partial charge in [0.2, 0.25) is 0 Å². The number of carbonyl (C=O) groups is 1. The van der Waals surface area contributed by atoms with Crippen molar-refractivity contribution in [2.24, 2.45) is 5.10 Å². The highest BCUT2D eigenvalue weighted by atomic mass is 16.6. The Kier molecular flexibility index (Phi) is 5.45. The monoisotopic (exact) mass is 450 g/mol. The van der Waals surface area contributed by atoms with Gasteiger partial charge in [0.25, 0.3) is 11.6 Å². The second-order valence-corrected chi connectivity index (χ2v) is 7.49. The van der Waals surface area contributed by atoms with Crippen LogP contribution < -0.4 is 5.43 Å². The molecule has 0 unspecified atom stereocenters. The normalized spacial score (nSPS) is 11.2. The zero-order valence-corrected chi connectivity index (χ0v) is 17.8. The number of amides is 1. The standard InChI is InChI=1S/C26H18N4O4/c31-26(25-24(18-6-2-1-3-7-18)21-8-4-5-9-22(21)28-25)29-27-16-20-14-15-23(34-20)17-10-12-19(13-11-17)30(32)33/h1-16,28H,(H,29,31)/b27-16-. The number of hydrogen-bond acceptors (Lipinski definition) is 5. The lowest BCUT2D eigenvalue weighted by Crippen LogP contribution is -2.18. The molecule has 2 aromatic heterocycles. The summed E-state index contributed by atoms with van der Waals surface area (Å²) in [4.78, 5) is 26.5. The van der Waals surface area contributed by atoms with E-state index >= 15 is 0 Å². The Balaban J connectivity index is 1.35.